The Morgan fingerprint density at radius 2 is 1.52 bits per heavy atom. The van der Waals surface area contributed by atoms with Crippen LogP contribution < -0.4 is 0 Å². The number of hydrogen-bond donors (Lipinski definition) is 0. The van der Waals surface area contributed by atoms with Crippen LogP contribution in [0.15, 0.2) is 138 Å². The third-order valence-electron chi connectivity index (χ3n) is 7.61. The number of pyridine rings is 1. The summed E-state index contributed by atoms with van der Waals surface area (Å²) in [5.74, 6) is 0.700. The largest absolute Gasteiger partial charge is 0.500 e. The Balaban J connectivity index is 0.000000189. The van der Waals surface area contributed by atoms with Crippen molar-refractivity contribution in [3.8, 4) is 28.3 Å². The molecule has 0 saturated carbocycles. The zero-order valence-corrected chi connectivity index (χ0v) is 26.6. The van der Waals surface area contributed by atoms with Gasteiger partial charge in [-0.1, -0.05) is 77.7 Å². The molecule has 4 aromatic heterocycles. The van der Waals surface area contributed by atoms with Gasteiger partial charge in [0.25, 0.3) is 0 Å². The summed E-state index contributed by atoms with van der Waals surface area (Å²) in [7, 11) is 0. The van der Waals surface area contributed by atoms with Crippen LogP contribution in [0.25, 0.3) is 72.3 Å². The van der Waals surface area contributed by atoms with E-state index in [1.807, 2.05) is 77.4 Å². The Hall–Kier alpha value is -5.49. The SMILES string of the molecule is [2H]C([2H])([2H])c1ccc(-c2[c-]cccc2)nc1.[Ir].[c-]1ccc2c(oc3c4ccccc4ccc23)c1-c1nc2nccnc2n1-c1ccccc1. The predicted octanol–water partition coefficient (Wildman–Crippen LogP) is 9.19. The zero-order valence-electron chi connectivity index (χ0n) is 27.2. The van der Waals surface area contributed by atoms with Crippen LogP contribution in [0.1, 0.15) is 9.68 Å². The van der Waals surface area contributed by atoms with Crippen LogP contribution in [0, 0.1) is 19.0 Å². The molecule has 0 bridgehead atoms. The molecule has 0 saturated heterocycles. The van der Waals surface area contributed by atoms with Crippen molar-refractivity contribution >= 4 is 44.0 Å². The van der Waals surface area contributed by atoms with Crippen molar-refractivity contribution in [3.05, 3.63) is 152 Å². The van der Waals surface area contributed by atoms with Crippen LogP contribution in [0.3, 0.4) is 0 Å². The maximum atomic E-state index is 7.23. The van der Waals surface area contributed by atoms with E-state index < -0.39 is 6.85 Å². The summed E-state index contributed by atoms with van der Waals surface area (Å²) in [6, 6.07) is 43.7. The fourth-order valence-electron chi connectivity index (χ4n) is 5.54. The van der Waals surface area contributed by atoms with E-state index in [0.29, 0.717) is 17.1 Å². The Bertz CT molecular complexity index is 2550. The predicted molar refractivity (Wildman–Crippen MR) is 179 cm³/mol. The summed E-state index contributed by atoms with van der Waals surface area (Å²) in [4.78, 5) is 18.0. The molecule has 0 N–H and O–H groups in total. The average Bonchev–Trinajstić information content (AvgIpc) is 3.72. The summed E-state index contributed by atoms with van der Waals surface area (Å²) >= 11 is 0. The molecular formula is C39H25IrN5O-2. The normalized spacial score (nSPS) is 12.2. The van der Waals surface area contributed by atoms with Gasteiger partial charge in [-0.3, -0.25) is 4.98 Å². The van der Waals surface area contributed by atoms with Gasteiger partial charge in [0.05, 0.1) is 11.4 Å². The molecule has 4 heterocycles. The van der Waals surface area contributed by atoms with Crippen molar-refractivity contribution in [2.24, 2.45) is 0 Å². The average molecular weight is 775 g/mol. The fourth-order valence-corrected chi connectivity index (χ4v) is 5.54. The van der Waals surface area contributed by atoms with Gasteiger partial charge >= 0.3 is 0 Å². The zero-order chi connectivity index (χ0) is 32.7. The molecule has 46 heavy (non-hydrogen) atoms. The van der Waals surface area contributed by atoms with E-state index in [1.54, 1.807) is 30.6 Å². The summed E-state index contributed by atoms with van der Waals surface area (Å²) in [6.07, 6.45) is 4.74. The van der Waals surface area contributed by atoms with Gasteiger partial charge in [-0.25, -0.2) is 9.97 Å². The quantitative estimate of drug-likeness (QED) is 0.168. The topological polar surface area (TPSA) is 69.6 Å². The molecule has 223 valence electrons. The molecule has 0 aliphatic heterocycles. The standard InChI is InChI=1S/C27H15N4O.C12H10N.Ir/c1-2-8-18(9-3-1)31-26(30-25-27(31)29-16-15-28-25)22-12-6-11-20-21-14-13-17-7-4-5-10-19(17)23(21)32-24(20)22;1-10-7-8-12(13-9-10)11-5-3-2-4-6-11;/h1-11,13-16H;2-5,7-9H,1H3;/q2*-1;/i;1D3;. The van der Waals surface area contributed by atoms with E-state index in [0.717, 1.165) is 55.2 Å². The van der Waals surface area contributed by atoms with Crippen LogP contribution in [0.2, 0.25) is 0 Å². The number of hydrogen-bond acceptors (Lipinski definition) is 5. The first kappa shape index (κ1) is 25.8. The van der Waals surface area contributed by atoms with Crippen LogP contribution in [-0.4, -0.2) is 24.5 Å². The molecule has 0 atom stereocenters. The smallest absolute Gasteiger partial charge is 0.188 e. The Morgan fingerprint density at radius 3 is 2.35 bits per heavy atom. The molecule has 0 fully saturated rings. The summed E-state index contributed by atoms with van der Waals surface area (Å²) in [5, 5.41) is 4.35. The van der Waals surface area contributed by atoms with Gasteiger partial charge in [-0.15, -0.1) is 54.1 Å². The number of fused-ring (bicyclic) bond motifs is 6. The minimum Gasteiger partial charge on any atom is -0.500 e. The molecule has 0 aliphatic carbocycles. The molecule has 0 unspecified atom stereocenters. The molecule has 9 aromatic rings. The van der Waals surface area contributed by atoms with E-state index >= 15 is 0 Å². The van der Waals surface area contributed by atoms with Gasteiger partial charge in [-0.05, 0) is 35.6 Å². The molecule has 1 radical (unpaired) electrons. The second-order valence-electron chi connectivity index (χ2n) is 10.4. The molecule has 9 rings (SSSR count). The van der Waals surface area contributed by atoms with Crippen LogP contribution in [-0.2, 0) is 20.1 Å². The number of nitrogens with zero attached hydrogens (tertiary/aromatic N) is 5. The van der Waals surface area contributed by atoms with Crippen molar-refractivity contribution in [1.82, 2.24) is 24.5 Å². The number of para-hydroxylation sites is 1. The second-order valence-corrected chi connectivity index (χ2v) is 10.4. The first-order valence-corrected chi connectivity index (χ1v) is 14.4. The fraction of sp³-hybridized carbons (Fsp3) is 0.0256. The van der Waals surface area contributed by atoms with E-state index in [4.69, 9.17) is 13.5 Å². The molecule has 0 spiro atoms. The van der Waals surface area contributed by atoms with E-state index in [2.05, 4.69) is 51.4 Å². The van der Waals surface area contributed by atoms with Crippen molar-refractivity contribution in [1.29, 1.82) is 0 Å². The van der Waals surface area contributed by atoms with Gasteiger partial charge in [0.15, 0.2) is 11.3 Å². The number of furan rings is 1. The van der Waals surface area contributed by atoms with Crippen molar-refractivity contribution in [2.75, 3.05) is 0 Å². The summed E-state index contributed by atoms with van der Waals surface area (Å²) in [5.41, 5.74) is 6.49. The molecule has 0 amide bonds. The van der Waals surface area contributed by atoms with Crippen molar-refractivity contribution in [3.63, 3.8) is 0 Å². The third kappa shape index (κ3) is 5.26. The van der Waals surface area contributed by atoms with Crippen LogP contribution in [0.4, 0.5) is 0 Å². The second kappa shape index (κ2) is 12.5. The van der Waals surface area contributed by atoms with Gasteiger partial charge in [0.1, 0.15) is 5.58 Å². The number of aromatic nitrogens is 5. The Labute approximate surface area is 283 Å². The molecule has 0 aliphatic rings. The number of benzene rings is 5. The minimum absolute atomic E-state index is 0. The Kier molecular flexibility index (Phi) is 7.00. The van der Waals surface area contributed by atoms with E-state index in [9.17, 15) is 0 Å². The van der Waals surface area contributed by atoms with E-state index in [-0.39, 0.29) is 25.7 Å². The number of imidazole rings is 1. The molecule has 7 heteroatoms. The maximum Gasteiger partial charge on any atom is 0.188 e. The van der Waals surface area contributed by atoms with Gasteiger partial charge in [0, 0.05) is 59.3 Å². The number of rotatable bonds is 3. The van der Waals surface area contributed by atoms with Crippen molar-refractivity contribution < 1.29 is 28.6 Å². The van der Waals surface area contributed by atoms with E-state index in [1.165, 1.54) is 6.20 Å². The van der Waals surface area contributed by atoms with Gasteiger partial charge in [0.2, 0.25) is 0 Å². The van der Waals surface area contributed by atoms with Crippen LogP contribution >= 0.6 is 0 Å². The number of aryl methyl sites for hydroxylation is 1. The molecule has 5 aromatic carbocycles. The Morgan fingerprint density at radius 1 is 0.696 bits per heavy atom. The molecular weight excluding hydrogens is 747 g/mol. The monoisotopic (exact) mass is 775 g/mol. The first-order chi connectivity index (χ1) is 23.5. The van der Waals surface area contributed by atoms with Crippen LogP contribution in [0.5, 0.6) is 0 Å². The third-order valence-corrected chi connectivity index (χ3v) is 7.61. The maximum absolute atomic E-state index is 7.23. The molecule has 6 nitrogen and oxygen atoms in total. The van der Waals surface area contributed by atoms with Gasteiger partial charge in [-0.2, -0.15) is 0 Å². The minimum atomic E-state index is -2.09. The summed E-state index contributed by atoms with van der Waals surface area (Å²) < 4.78 is 30.2. The summed E-state index contributed by atoms with van der Waals surface area (Å²) in [6.45, 7) is -2.09. The van der Waals surface area contributed by atoms with Crippen molar-refractivity contribution in [2.45, 2.75) is 6.85 Å². The van der Waals surface area contributed by atoms with Gasteiger partial charge < -0.3 is 14.0 Å². The first-order valence-electron chi connectivity index (χ1n) is 15.9.